The predicted octanol–water partition coefficient (Wildman–Crippen LogP) is 4.39. The summed E-state index contributed by atoms with van der Waals surface area (Å²) >= 11 is 1.64. The van der Waals surface area contributed by atoms with E-state index >= 15 is 0 Å². The van der Waals surface area contributed by atoms with Gasteiger partial charge in [0.15, 0.2) is 0 Å². The maximum atomic E-state index is 5.99. The van der Waals surface area contributed by atoms with Crippen LogP contribution in [0.25, 0.3) is 21.8 Å². The van der Waals surface area contributed by atoms with Crippen LogP contribution in [0, 0.1) is 0 Å². The van der Waals surface area contributed by atoms with Crippen LogP contribution in [-0.2, 0) is 11.2 Å². The van der Waals surface area contributed by atoms with Crippen LogP contribution in [0.2, 0.25) is 0 Å². The van der Waals surface area contributed by atoms with Gasteiger partial charge in [0.1, 0.15) is 6.10 Å². The van der Waals surface area contributed by atoms with Gasteiger partial charge in [-0.25, -0.2) is 9.97 Å². The lowest BCUT2D eigenvalue weighted by Gasteiger charge is -2.26. The predicted molar refractivity (Wildman–Crippen MR) is 114 cm³/mol. The van der Waals surface area contributed by atoms with Crippen LogP contribution in [0.1, 0.15) is 17.2 Å². The molecule has 1 unspecified atom stereocenters. The van der Waals surface area contributed by atoms with E-state index in [9.17, 15) is 0 Å². The lowest BCUT2D eigenvalue weighted by Crippen LogP contribution is -2.23. The number of hydrogen-bond acceptors (Lipinski definition) is 7. The Labute approximate surface area is 172 Å². The van der Waals surface area contributed by atoms with Crippen LogP contribution in [0.3, 0.4) is 0 Å². The van der Waals surface area contributed by atoms with Crippen molar-refractivity contribution in [2.75, 3.05) is 18.5 Å². The minimum absolute atomic E-state index is 0.00611. The second-order valence-electron chi connectivity index (χ2n) is 6.71. The zero-order chi connectivity index (χ0) is 19.5. The molecule has 3 aromatic heterocycles. The summed E-state index contributed by atoms with van der Waals surface area (Å²) in [6, 6.07) is 12.5. The number of thiophene rings is 1. The Morgan fingerprint density at radius 1 is 1.07 bits per heavy atom. The van der Waals surface area contributed by atoms with Gasteiger partial charge in [-0.05, 0) is 29.0 Å². The molecule has 0 spiro atoms. The van der Waals surface area contributed by atoms with Crippen LogP contribution >= 0.6 is 11.3 Å². The van der Waals surface area contributed by atoms with Gasteiger partial charge in [0.05, 0.1) is 29.1 Å². The topological polar surface area (TPSA) is 72.8 Å². The summed E-state index contributed by atoms with van der Waals surface area (Å²) in [7, 11) is 0. The Balaban J connectivity index is 1.43. The maximum Gasteiger partial charge on any atom is 0.223 e. The number of nitrogens with one attached hydrogen (secondary N) is 1. The summed E-state index contributed by atoms with van der Waals surface area (Å²) < 4.78 is 5.99. The first kappa shape index (κ1) is 17.9. The van der Waals surface area contributed by atoms with E-state index in [1.807, 2.05) is 17.6 Å². The van der Waals surface area contributed by atoms with Crippen molar-refractivity contribution in [3.8, 4) is 21.8 Å². The first-order valence-electron chi connectivity index (χ1n) is 9.49. The molecule has 1 N–H and O–H groups in total. The van der Waals surface area contributed by atoms with Crippen molar-refractivity contribution in [2.45, 2.75) is 12.5 Å². The molecule has 5 rings (SSSR count). The molecule has 0 bridgehead atoms. The number of nitrogens with zero attached hydrogens (tertiary/aromatic N) is 4. The highest BCUT2D eigenvalue weighted by molar-refractivity contribution is 7.13. The molecule has 0 fully saturated rings. The zero-order valence-corrected chi connectivity index (χ0v) is 16.5. The summed E-state index contributed by atoms with van der Waals surface area (Å²) in [6.45, 7) is 1.35. The van der Waals surface area contributed by atoms with Gasteiger partial charge in [0.25, 0.3) is 0 Å². The fraction of sp³-hybridized carbons (Fsp3) is 0.182. The molecule has 7 heteroatoms. The van der Waals surface area contributed by atoms with Crippen molar-refractivity contribution in [1.82, 2.24) is 19.9 Å². The number of rotatable bonds is 5. The van der Waals surface area contributed by atoms with Gasteiger partial charge in [-0.1, -0.05) is 30.3 Å². The molecule has 4 aromatic rings. The number of aromatic nitrogens is 4. The van der Waals surface area contributed by atoms with Crippen LogP contribution in [0.15, 0.2) is 66.6 Å². The van der Waals surface area contributed by atoms with E-state index in [0.717, 1.165) is 34.9 Å². The van der Waals surface area contributed by atoms with Crippen molar-refractivity contribution in [2.24, 2.45) is 0 Å². The van der Waals surface area contributed by atoms with Gasteiger partial charge in [0, 0.05) is 30.7 Å². The Kier molecular flexibility index (Phi) is 4.98. The minimum Gasteiger partial charge on any atom is -0.371 e. The SMILES string of the molecule is c1csc(-c2nc(NCC3OCCc4ccccc43)ncc2-c2cnccn2)c1. The molecule has 4 heterocycles. The largest absolute Gasteiger partial charge is 0.371 e. The average molecular weight is 401 g/mol. The van der Waals surface area contributed by atoms with Crippen molar-refractivity contribution < 1.29 is 4.74 Å². The van der Waals surface area contributed by atoms with Crippen LogP contribution in [-0.4, -0.2) is 33.1 Å². The molecular weight excluding hydrogens is 382 g/mol. The molecule has 1 aromatic carbocycles. The molecule has 0 amide bonds. The molecule has 144 valence electrons. The fourth-order valence-corrected chi connectivity index (χ4v) is 4.25. The third kappa shape index (κ3) is 3.74. The van der Waals surface area contributed by atoms with Crippen LogP contribution < -0.4 is 5.32 Å². The van der Waals surface area contributed by atoms with E-state index in [4.69, 9.17) is 9.72 Å². The highest BCUT2D eigenvalue weighted by Gasteiger charge is 2.21. The lowest BCUT2D eigenvalue weighted by molar-refractivity contribution is 0.0512. The average Bonchev–Trinajstić information content (AvgIpc) is 3.33. The first-order valence-corrected chi connectivity index (χ1v) is 10.4. The highest BCUT2D eigenvalue weighted by atomic mass is 32.1. The molecule has 6 nitrogen and oxygen atoms in total. The lowest BCUT2D eigenvalue weighted by atomic mass is 9.98. The number of benzene rings is 1. The molecule has 0 saturated carbocycles. The standard InChI is InChI=1S/C22H19N5OS/c1-2-5-16-15(4-1)7-10-28-19(16)14-26-22-25-12-17(18-13-23-8-9-24-18)21(27-22)20-6-3-11-29-20/h1-6,8-9,11-13,19H,7,10,14H2,(H,25,26,27). The molecule has 0 saturated heterocycles. The van der Waals surface area contributed by atoms with Crippen LogP contribution in [0.5, 0.6) is 0 Å². The van der Waals surface area contributed by atoms with E-state index in [1.54, 1.807) is 29.9 Å². The molecule has 1 aliphatic heterocycles. The smallest absolute Gasteiger partial charge is 0.223 e. The van der Waals surface area contributed by atoms with Crippen LogP contribution in [0.4, 0.5) is 5.95 Å². The van der Waals surface area contributed by atoms with Gasteiger partial charge in [0.2, 0.25) is 5.95 Å². The third-order valence-electron chi connectivity index (χ3n) is 4.92. The second kappa shape index (κ2) is 8.06. The second-order valence-corrected chi connectivity index (χ2v) is 7.66. The number of ether oxygens (including phenoxy) is 1. The monoisotopic (exact) mass is 401 g/mol. The summed E-state index contributed by atoms with van der Waals surface area (Å²) in [5, 5.41) is 5.40. The van der Waals surface area contributed by atoms with E-state index in [0.29, 0.717) is 12.5 Å². The fourth-order valence-electron chi connectivity index (χ4n) is 3.52. The van der Waals surface area contributed by atoms with E-state index < -0.39 is 0 Å². The van der Waals surface area contributed by atoms with Crippen molar-refractivity contribution in [1.29, 1.82) is 0 Å². The molecule has 29 heavy (non-hydrogen) atoms. The van der Waals surface area contributed by atoms with Crippen molar-refractivity contribution >= 4 is 17.3 Å². The van der Waals surface area contributed by atoms with Gasteiger partial charge in [-0.15, -0.1) is 11.3 Å². The highest BCUT2D eigenvalue weighted by Crippen LogP contribution is 2.32. The zero-order valence-electron chi connectivity index (χ0n) is 15.7. The Morgan fingerprint density at radius 3 is 2.90 bits per heavy atom. The number of anilines is 1. The normalized spacial score (nSPS) is 15.7. The maximum absolute atomic E-state index is 5.99. The molecule has 0 aliphatic carbocycles. The molecule has 1 aliphatic rings. The number of fused-ring (bicyclic) bond motifs is 1. The minimum atomic E-state index is -0.00611. The molecule has 0 radical (unpaired) electrons. The Bertz CT molecular complexity index is 1100. The summed E-state index contributed by atoms with van der Waals surface area (Å²) in [4.78, 5) is 19.0. The van der Waals surface area contributed by atoms with E-state index in [2.05, 4.69) is 50.6 Å². The van der Waals surface area contributed by atoms with E-state index in [-0.39, 0.29) is 6.10 Å². The molecule has 1 atom stereocenters. The van der Waals surface area contributed by atoms with E-state index in [1.165, 1.54) is 11.1 Å². The third-order valence-corrected chi connectivity index (χ3v) is 5.80. The van der Waals surface area contributed by atoms with Crippen molar-refractivity contribution in [3.63, 3.8) is 0 Å². The van der Waals surface area contributed by atoms with Gasteiger partial charge in [-0.2, -0.15) is 0 Å². The number of hydrogen-bond donors (Lipinski definition) is 1. The first-order chi connectivity index (χ1) is 14.4. The molecular formula is C22H19N5OS. The Hall–Kier alpha value is -3.16. The van der Waals surface area contributed by atoms with Gasteiger partial charge in [-0.3, -0.25) is 9.97 Å². The Morgan fingerprint density at radius 2 is 2.03 bits per heavy atom. The quantitative estimate of drug-likeness (QED) is 0.535. The summed E-state index contributed by atoms with van der Waals surface area (Å²) in [5.74, 6) is 0.577. The van der Waals surface area contributed by atoms with Gasteiger partial charge >= 0.3 is 0 Å². The van der Waals surface area contributed by atoms with Crippen molar-refractivity contribution in [3.05, 3.63) is 77.7 Å². The summed E-state index contributed by atoms with van der Waals surface area (Å²) in [5.41, 5.74) is 5.06. The van der Waals surface area contributed by atoms with Gasteiger partial charge < -0.3 is 10.1 Å². The summed E-state index contributed by atoms with van der Waals surface area (Å²) in [6.07, 6.45) is 7.83.